The number of anilines is 1. The maximum absolute atomic E-state index is 5.59. The highest BCUT2D eigenvalue weighted by Crippen LogP contribution is 2.22. The maximum Gasteiger partial charge on any atom is 0.196 e. The summed E-state index contributed by atoms with van der Waals surface area (Å²) in [5, 5.41) is 0. The zero-order valence-corrected chi connectivity index (χ0v) is 9.16. The Morgan fingerprint density at radius 2 is 1.62 bits per heavy atom. The Hall–Kier alpha value is -0.920. The summed E-state index contributed by atoms with van der Waals surface area (Å²) in [4.78, 5) is 2.27. The minimum atomic E-state index is 0.477. The van der Waals surface area contributed by atoms with E-state index < -0.39 is 0 Å². The smallest absolute Gasteiger partial charge is 0.196 e. The molecule has 0 aliphatic carbocycles. The first kappa shape index (κ1) is 10.2. The van der Waals surface area contributed by atoms with Gasteiger partial charge in [0.05, 0.1) is 0 Å². The van der Waals surface area contributed by atoms with Crippen molar-refractivity contribution in [1.82, 2.24) is 0 Å². The molecule has 0 spiro atoms. The molecule has 1 aromatic heterocycles. The molecule has 1 heterocycles. The van der Waals surface area contributed by atoms with Gasteiger partial charge in [-0.2, -0.15) is 0 Å². The van der Waals surface area contributed by atoms with E-state index in [2.05, 4.69) is 32.6 Å². The average Bonchev–Trinajstić information content (AvgIpc) is 2.34. The molecular formula is C11H19NO. The third-order valence-electron chi connectivity index (χ3n) is 2.09. The van der Waals surface area contributed by atoms with Gasteiger partial charge in [0.1, 0.15) is 5.76 Å². The highest BCUT2D eigenvalue weighted by atomic mass is 16.4. The maximum atomic E-state index is 5.59. The molecular weight excluding hydrogens is 162 g/mol. The Morgan fingerprint density at radius 1 is 1.08 bits per heavy atom. The molecule has 1 aromatic rings. The van der Waals surface area contributed by atoms with Crippen molar-refractivity contribution in [1.29, 1.82) is 0 Å². The lowest BCUT2D eigenvalue weighted by atomic mass is 10.2. The standard InChI is InChI=1S/C11H19NO/c1-8(2)12(9(3)4)11-7-6-10(5)13-11/h6-9H,1-5H3. The second-order valence-electron chi connectivity index (χ2n) is 3.98. The van der Waals surface area contributed by atoms with E-state index in [9.17, 15) is 0 Å². The molecule has 0 saturated carbocycles. The van der Waals surface area contributed by atoms with Crippen molar-refractivity contribution in [2.75, 3.05) is 4.90 Å². The van der Waals surface area contributed by atoms with Crippen LogP contribution < -0.4 is 4.90 Å². The number of rotatable bonds is 3. The fourth-order valence-corrected chi connectivity index (χ4v) is 1.67. The minimum absolute atomic E-state index is 0.477. The summed E-state index contributed by atoms with van der Waals surface area (Å²) in [6.07, 6.45) is 0. The summed E-state index contributed by atoms with van der Waals surface area (Å²) in [6.45, 7) is 10.7. The van der Waals surface area contributed by atoms with E-state index in [4.69, 9.17) is 4.42 Å². The summed E-state index contributed by atoms with van der Waals surface area (Å²) < 4.78 is 5.59. The first-order valence-electron chi connectivity index (χ1n) is 4.87. The summed E-state index contributed by atoms with van der Waals surface area (Å²) in [6, 6.07) is 5.00. The molecule has 0 atom stereocenters. The SMILES string of the molecule is Cc1ccc(N(C(C)C)C(C)C)o1. The van der Waals surface area contributed by atoms with Crippen LogP contribution in [0.15, 0.2) is 16.5 Å². The zero-order valence-electron chi connectivity index (χ0n) is 9.16. The molecule has 0 aromatic carbocycles. The van der Waals surface area contributed by atoms with Crippen LogP contribution in [0.5, 0.6) is 0 Å². The zero-order chi connectivity index (χ0) is 10.0. The Labute approximate surface area is 80.5 Å². The predicted molar refractivity (Wildman–Crippen MR) is 56.2 cm³/mol. The minimum Gasteiger partial charge on any atom is -0.446 e. The van der Waals surface area contributed by atoms with Crippen LogP contribution in [0.2, 0.25) is 0 Å². The fraction of sp³-hybridized carbons (Fsp3) is 0.636. The van der Waals surface area contributed by atoms with Crippen molar-refractivity contribution < 1.29 is 4.42 Å². The number of furan rings is 1. The predicted octanol–water partition coefficient (Wildman–Crippen LogP) is 3.21. The van der Waals surface area contributed by atoms with Crippen molar-refractivity contribution in [3.05, 3.63) is 17.9 Å². The Bertz CT molecular complexity index is 255. The lowest BCUT2D eigenvalue weighted by Crippen LogP contribution is -2.36. The summed E-state index contributed by atoms with van der Waals surface area (Å²) >= 11 is 0. The average molecular weight is 181 g/mol. The van der Waals surface area contributed by atoms with Crippen LogP contribution in [0.1, 0.15) is 33.5 Å². The van der Waals surface area contributed by atoms with Crippen molar-refractivity contribution in [3.63, 3.8) is 0 Å². The first-order valence-corrected chi connectivity index (χ1v) is 4.87. The third-order valence-corrected chi connectivity index (χ3v) is 2.09. The molecule has 0 saturated heterocycles. The van der Waals surface area contributed by atoms with E-state index in [0.29, 0.717) is 12.1 Å². The Balaban J connectivity index is 2.88. The van der Waals surface area contributed by atoms with Gasteiger partial charge >= 0.3 is 0 Å². The summed E-state index contributed by atoms with van der Waals surface area (Å²) in [7, 11) is 0. The van der Waals surface area contributed by atoms with Crippen molar-refractivity contribution in [3.8, 4) is 0 Å². The topological polar surface area (TPSA) is 16.4 Å². The van der Waals surface area contributed by atoms with Crippen LogP contribution in [-0.4, -0.2) is 12.1 Å². The molecule has 0 aliphatic rings. The Morgan fingerprint density at radius 3 is 1.92 bits per heavy atom. The number of hydrogen-bond donors (Lipinski definition) is 0. The fourth-order valence-electron chi connectivity index (χ4n) is 1.67. The number of aryl methyl sites for hydroxylation is 1. The van der Waals surface area contributed by atoms with Gasteiger partial charge < -0.3 is 9.32 Å². The lowest BCUT2D eigenvalue weighted by Gasteiger charge is -2.30. The van der Waals surface area contributed by atoms with Gasteiger partial charge in [-0.3, -0.25) is 0 Å². The molecule has 0 bridgehead atoms. The molecule has 0 radical (unpaired) electrons. The van der Waals surface area contributed by atoms with Gasteiger partial charge in [-0.05, 0) is 40.7 Å². The van der Waals surface area contributed by atoms with Gasteiger partial charge in [-0.15, -0.1) is 0 Å². The van der Waals surface area contributed by atoms with E-state index >= 15 is 0 Å². The van der Waals surface area contributed by atoms with E-state index in [-0.39, 0.29) is 0 Å². The van der Waals surface area contributed by atoms with Crippen LogP contribution in [0.25, 0.3) is 0 Å². The molecule has 2 nitrogen and oxygen atoms in total. The highest BCUT2D eigenvalue weighted by Gasteiger charge is 2.16. The molecule has 1 rings (SSSR count). The monoisotopic (exact) mass is 181 g/mol. The molecule has 0 N–H and O–H groups in total. The van der Waals surface area contributed by atoms with Crippen LogP contribution in [-0.2, 0) is 0 Å². The normalized spacial score (nSPS) is 11.3. The van der Waals surface area contributed by atoms with Crippen molar-refractivity contribution in [2.45, 2.75) is 46.7 Å². The van der Waals surface area contributed by atoms with E-state index in [1.54, 1.807) is 0 Å². The molecule has 0 aliphatic heterocycles. The van der Waals surface area contributed by atoms with Gasteiger partial charge in [-0.1, -0.05) is 0 Å². The van der Waals surface area contributed by atoms with Gasteiger partial charge in [-0.25, -0.2) is 0 Å². The number of nitrogens with zero attached hydrogens (tertiary/aromatic N) is 1. The van der Waals surface area contributed by atoms with E-state index in [1.165, 1.54) is 0 Å². The van der Waals surface area contributed by atoms with Crippen LogP contribution >= 0.6 is 0 Å². The molecule has 0 fully saturated rings. The summed E-state index contributed by atoms with van der Waals surface area (Å²) in [5.41, 5.74) is 0. The van der Waals surface area contributed by atoms with Gasteiger partial charge in [0.2, 0.25) is 0 Å². The van der Waals surface area contributed by atoms with E-state index in [0.717, 1.165) is 11.6 Å². The number of hydrogen-bond acceptors (Lipinski definition) is 2. The van der Waals surface area contributed by atoms with Crippen LogP contribution in [0.3, 0.4) is 0 Å². The lowest BCUT2D eigenvalue weighted by molar-refractivity contribution is 0.479. The third kappa shape index (κ3) is 2.27. The van der Waals surface area contributed by atoms with Crippen LogP contribution in [0.4, 0.5) is 5.88 Å². The molecule has 74 valence electrons. The largest absolute Gasteiger partial charge is 0.446 e. The summed E-state index contributed by atoms with van der Waals surface area (Å²) in [5.74, 6) is 1.95. The van der Waals surface area contributed by atoms with Crippen LogP contribution in [0, 0.1) is 6.92 Å². The van der Waals surface area contributed by atoms with Gasteiger partial charge in [0.15, 0.2) is 5.88 Å². The molecule has 13 heavy (non-hydrogen) atoms. The molecule has 0 unspecified atom stereocenters. The first-order chi connectivity index (χ1) is 6.02. The van der Waals surface area contributed by atoms with Crippen molar-refractivity contribution in [2.24, 2.45) is 0 Å². The van der Waals surface area contributed by atoms with E-state index in [1.807, 2.05) is 19.1 Å². The Kier molecular flexibility index (Phi) is 3.02. The van der Waals surface area contributed by atoms with Gasteiger partial charge in [0, 0.05) is 18.2 Å². The molecule has 0 amide bonds. The second-order valence-corrected chi connectivity index (χ2v) is 3.98. The van der Waals surface area contributed by atoms with Crippen molar-refractivity contribution >= 4 is 5.88 Å². The quantitative estimate of drug-likeness (QED) is 0.712. The van der Waals surface area contributed by atoms with Gasteiger partial charge in [0.25, 0.3) is 0 Å². The second kappa shape index (κ2) is 3.86. The molecule has 2 heteroatoms. The highest BCUT2D eigenvalue weighted by molar-refractivity contribution is 5.38.